The standard InChI is InChI=1S/C13H13N3/c1-10-4-5-13(11(7-10)8-14)16-12-3-2-6-15-9-12/h2-9,14,16H,1H3. The molecule has 1 aromatic heterocycles. The number of nitrogens with zero attached hydrogens (tertiary/aromatic N) is 1. The topological polar surface area (TPSA) is 48.8 Å². The van der Waals surface area contributed by atoms with Crippen LogP contribution in [0.3, 0.4) is 0 Å². The second kappa shape index (κ2) is 4.57. The normalized spacial score (nSPS) is 9.81. The maximum atomic E-state index is 7.37. The number of hydrogen-bond acceptors (Lipinski definition) is 3. The Balaban J connectivity index is 2.31. The molecule has 1 aromatic carbocycles. The molecule has 0 aliphatic heterocycles. The van der Waals surface area contributed by atoms with E-state index in [-0.39, 0.29) is 0 Å². The van der Waals surface area contributed by atoms with Gasteiger partial charge >= 0.3 is 0 Å². The number of nitrogens with one attached hydrogen (secondary N) is 2. The quantitative estimate of drug-likeness (QED) is 0.766. The Morgan fingerprint density at radius 2 is 2.19 bits per heavy atom. The number of aromatic nitrogens is 1. The van der Waals surface area contributed by atoms with Crippen molar-refractivity contribution in [2.75, 3.05) is 5.32 Å². The molecular formula is C13H13N3. The average molecular weight is 211 g/mol. The molecule has 0 spiro atoms. The molecule has 0 saturated heterocycles. The molecule has 0 fully saturated rings. The van der Waals surface area contributed by atoms with Crippen LogP contribution in [-0.2, 0) is 0 Å². The van der Waals surface area contributed by atoms with E-state index in [0.29, 0.717) is 0 Å². The summed E-state index contributed by atoms with van der Waals surface area (Å²) >= 11 is 0. The van der Waals surface area contributed by atoms with E-state index in [1.165, 1.54) is 6.21 Å². The molecule has 1 heterocycles. The van der Waals surface area contributed by atoms with Gasteiger partial charge in [-0.15, -0.1) is 0 Å². The Labute approximate surface area is 94.7 Å². The molecule has 0 bridgehead atoms. The predicted octanol–water partition coefficient (Wildman–Crippen LogP) is 3.13. The molecule has 0 unspecified atom stereocenters. The van der Waals surface area contributed by atoms with Crippen LogP contribution in [0.4, 0.5) is 11.4 Å². The lowest BCUT2D eigenvalue weighted by Gasteiger charge is -2.09. The van der Waals surface area contributed by atoms with Gasteiger partial charge in [-0.3, -0.25) is 4.98 Å². The number of aryl methyl sites for hydroxylation is 1. The number of benzene rings is 1. The molecule has 0 saturated carbocycles. The van der Waals surface area contributed by atoms with E-state index in [4.69, 9.17) is 5.41 Å². The molecular weight excluding hydrogens is 198 g/mol. The summed E-state index contributed by atoms with van der Waals surface area (Å²) in [6.07, 6.45) is 4.84. The van der Waals surface area contributed by atoms with Gasteiger partial charge in [-0.2, -0.15) is 0 Å². The largest absolute Gasteiger partial charge is 0.354 e. The van der Waals surface area contributed by atoms with Gasteiger partial charge in [-0.05, 0) is 31.2 Å². The zero-order valence-corrected chi connectivity index (χ0v) is 9.07. The molecule has 80 valence electrons. The van der Waals surface area contributed by atoms with E-state index in [9.17, 15) is 0 Å². The molecule has 2 rings (SSSR count). The van der Waals surface area contributed by atoms with Crippen molar-refractivity contribution in [3.63, 3.8) is 0 Å². The number of pyridine rings is 1. The third kappa shape index (κ3) is 2.25. The molecule has 3 heteroatoms. The number of hydrogen-bond donors (Lipinski definition) is 2. The van der Waals surface area contributed by atoms with Crippen molar-refractivity contribution >= 4 is 17.6 Å². The highest BCUT2D eigenvalue weighted by molar-refractivity contribution is 5.87. The Kier molecular flexibility index (Phi) is 2.96. The summed E-state index contributed by atoms with van der Waals surface area (Å²) in [6, 6.07) is 9.79. The first-order valence-electron chi connectivity index (χ1n) is 5.08. The Morgan fingerprint density at radius 3 is 2.88 bits per heavy atom. The highest BCUT2D eigenvalue weighted by Crippen LogP contribution is 2.20. The monoisotopic (exact) mass is 211 g/mol. The van der Waals surface area contributed by atoms with Crippen LogP contribution in [0.1, 0.15) is 11.1 Å². The van der Waals surface area contributed by atoms with Crippen LogP contribution in [0.25, 0.3) is 0 Å². The van der Waals surface area contributed by atoms with Crippen molar-refractivity contribution in [2.45, 2.75) is 6.92 Å². The van der Waals surface area contributed by atoms with Gasteiger partial charge in [-0.25, -0.2) is 0 Å². The summed E-state index contributed by atoms with van der Waals surface area (Å²) in [4.78, 5) is 4.03. The Morgan fingerprint density at radius 1 is 1.31 bits per heavy atom. The third-order valence-electron chi connectivity index (χ3n) is 2.30. The fourth-order valence-corrected chi connectivity index (χ4v) is 1.51. The minimum absolute atomic E-state index is 0.879. The summed E-state index contributed by atoms with van der Waals surface area (Å²) in [5.41, 5.74) is 3.88. The fraction of sp³-hybridized carbons (Fsp3) is 0.0769. The van der Waals surface area contributed by atoms with Gasteiger partial charge in [0.25, 0.3) is 0 Å². The van der Waals surface area contributed by atoms with Crippen LogP contribution in [0.5, 0.6) is 0 Å². The van der Waals surface area contributed by atoms with Crippen LogP contribution in [0.2, 0.25) is 0 Å². The summed E-state index contributed by atoms with van der Waals surface area (Å²) in [5, 5.41) is 10.6. The SMILES string of the molecule is Cc1ccc(Nc2cccnc2)c(C=N)c1. The third-order valence-corrected chi connectivity index (χ3v) is 2.30. The van der Waals surface area contributed by atoms with E-state index >= 15 is 0 Å². The number of anilines is 2. The van der Waals surface area contributed by atoms with Gasteiger partial charge in [0, 0.05) is 23.7 Å². The van der Waals surface area contributed by atoms with Crippen molar-refractivity contribution in [2.24, 2.45) is 0 Å². The molecule has 3 nitrogen and oxygen atoms in total. The molecule has 0 aliphatic carbocycles. The second-order valence-electron chi connectivity index (χ2n) is 3.60. The maximum absolute atomic E-state index is 7.37. The molecule has 16 heavy (non-hydrogen) atoms. The van der Waals surface area contributed by atoms with Crippen molar-refractivity contribution in [1.29, 1.82) is 5.41 Å². The summed E-state index contributed by atoms with van der Waals surface area (Å²) in [5.74, 6) is 0. The van der Waals surface area contributed by atoms with Gasteiger partial charge in [0.05, 0.1) is 11.9 Å². The molecule has 2 aromatic rings. The summed E-state index contributed by atoms with van der Waals surface area (Å²) < 4.78 is 0. The lowest BCUT2D eigenvalue weighted by atomic mass is 10.1. The zero-order valence-electron chi connectivity index (χ0n) is 9.07. The van der Waals surface area contributed by atoms with Crippen molar-refractivity contribution in [3.05, 3.63) is 53.9 Å². The summed E-state index contributed by atoms with van der Waals surface area (Å²) in [6.45, 7) is 2.01. The highest BCUT2D eigenvalue weighted by Gasteiger charge is 2.00. The Hall–Kier alpha value is -2.16. The minimum Gasteiger partial charge on any atom is -0.354 e. The van der Waals surface area contributed by atoms with E-state index in [0.717, 1.165) is 22.5 Å². The van der Waals surface area contributed by atoms with Gasteiger partial charge < -0.3 is 10.7 Å². The van der Waals surface area contributed by atoms with Gasteiger partial charge in [0.15, 0.2) is 0 Å². The number of rotatable bonds is 3. The minimum atomic E-state index is 0.879. The average Bonchev–Trinajstić information content (AvgIpc) is 2.33. The summed E-state index contributed by atoms with van der Waals surface area (Å²) in [7, 11) is 0. The molecule has 0 atom stereocenters. The maximum Gasteiger partial charge on any atom is 0.0570 e. The van der Waals surface area contributed by atoms with Gasteiger partial charge in [0.1, 0.15) is 0 Å². The van der Waals surface area contributed by atoms with Crippen LogP contribution in [0.15, 0.2) is 42.7 Å². The second-order valence-corrected chi connectivity index (χ2v) is 3.60. The predicted molar refractivity (Wildman–Crippen MR) is 66.6 cm³/mol. The molecule has 0 radical (unpaired) electrons. The Bertz CT molecular complexity index is 492. The van der Waals surface area contributed by atoms with Crippen LogP contribution in [-0.4, -0.2) is 11.2 Å². The lowest BCUT2D eigenvalue weighted by Crippen LogP contribution is -1.96. The molecule has 2 N–H and O–H groups in total. The van der Waals surface area contributed by atoms with Crippen LogP contribution >= 0.6 is 0 Å². The first-order valence-corrected chi connectivity index (χ1v) is 5.08. The zero-order chi connectivity index (χ0) is 11.4. The van der Waals surface area contributed by atoms with Gasteiger partial charge in [0.2, 0.25) is 0 Å². The van der Waals surface area contributed by atoms with E-state index < -0.39 is 0 Å². The van der Waals surface area contributed by atoms with Gasteiger partial charge in [-0.1, -0.05) is 11.6 Å². The lowest BCUT2D eigenvalue weighted by molar-refractivity contribution is 1.32. The highest BCUT2D eigenvalue weighted by atomic mass is 14.9. The fourth-order valence-electron chi connectivity index (χ4n) is 1.51. The smallest absolute Gasteiger partial charge is 0.0570 e. The van der Waals surface area contributed by atoms with Crippen LogP contribution in [0, 0.1) is 12.3 Å². The first-order chi connectivity index (χ1) is 7.79. The molecule has 0 aliphatic rings. The first kappa shape index (κ1) is 10.4. The van der Waals surface area contributed by atoms with E-state index in [1.54, 1.807) is 12.4 Å². The van der Waals surface area contributed by atoms with E-state index in [1.807, 2.05) is 37.3 Å². The molecule has 0 amide bonds. The van der Waals surface area contributed by atoms with Crippen LogP contribution < -0.4 is 5.32 Å². The van der Waals surface area contributed by atoms with Crippen molar-refractivity contribution in [1.82, 2.24) is 4.98 Å². The van der Waals surface area contributed by atoms with Crippen molar-refractivity contribution in [3.8, 4) is 0 Å². The van der Waals surface area contributed by atoms with E-state index in [2.05, 4.69) is 10.3 Å². The van der Waals surface area contributed by atoms with Crippen molar-refractivity contribution < 1.29 is 0 Å².